The fourth-order valence-corrected chi connectivity index (χ4v) is 4.51. The van der Waals surface area contributed by atoms with Gasteiger partial charge in [-0.1, -0.05) is 12.8 Å². The van der Waals surface area contributed by atoms with Crippen molar-refractivity contribution >= 4 is 5.91 Å². The van der Waals surface area contributed by atoms with Crippen LogP contribution in [-0.4, -0.2) is 47.2 Å². The third kappa shape index (κ3) is 3.42. The SMILES string of the molecule is CC(O)C1CCN(C(=O)C2CCC3CCCCC3N2)CC1. The Bertz CT molecular complexity index is 364. The lowest BCUT2D eigenvalue weighted by molar-refractivity contribution is -0.136. The molecule has 4 unspecified atom stereocenters. The van der Waals surface area contributed by atoms with Crippen LogP contribution in [0.2, 0.25) is 0 Å². The number of hydrogen-bond donors (Lipinski definition) is 2. The largest absolute Gasteiger partial charge is 0.393 e. The van der Waals surface area contributed by atoms with Crippen LogP contribution < -0.4 is 5.32 Å². The van der Waals surface area contributed by atoms with E-state index in [2.05, 4.69) is 5.32 Å². The molecule has 2 aliphatic heterocycles. The second-order valence-electron chi connectivity index (χ2n) is 7.35. The first-order valence-electron chi connectivity index (χ1n) is 8.88. The number of amides is 1. The molecular formula is C17H30N2O2. The van der Waals surface area contributed by atoms with Gasteiger partial charge in [0.2, 0.25) is 5.91 Å². The van der Waals surface area contributed by atoms with Crippen molar-refractivity contribution in [3.05, 3.63) is 0 Å². The Labute approximate surface area is 128 Å². The van der Waals surface area contributed by atoms with Crippen LogP contribution in [0.25, 0.3) is 0 Å². The van der Waals surface area contributed by atoms with E-state index in [1.807, 2.05) is 11.8 Å². The van der Waals surface area contributed by atoms with Gasteiger partial charge in [0.05, 0.1) is 12.1 Å². The third-order valence-corrected chi connectivity index (χ3v) is 5.98. The van der Waals surface area contributed by atoms with E-state index >= 15 is 0 Å². The number of nitrogens with zero attached hydrogens (tertiary/aromatic N) is 1. The Morgan fingerprint density at radius 2 is 1.81 bits per heavy atom. The molecule has 0 bridgehead atoms. The molecule has 0 aromatic heterocycles. The summed E-state index contributed by atoms with van der Waals surface area (Å²) in [5, 5.41) is 13.3. The van der Waals surface area contributed by atoms with Gasteiger partial charge in [0.1, 0.15) is 0 Å². The van der Waals surface area contributed by atoms with Crippen molar-refractivity contribution in [2.75, 3.05) is 13.1 Å². The standard InChI is InChI=1S/C17H30N2O2/c1-12(20)13-8-10-19(11-9-13)17(21)16-7-6-14-4-2-3-5-15(14)18-16/h12-16,18,20H,2-11H2,1H3. The number of carbonyl (C=O) groups excluding carboxylic acids is 1. The maximum Gasteiger partial charge on any atom is 0.239 e. The topological polar surface area (TPSA) is 52.6 Å². The first kappa shape index (κ1) is 15.3. The molecule has 4 nitrogen and oxygen atoms in total. The highest BCUT2D eigenvalue weighted by Gasteiger charge is 2.37. The third-order valence-electron chi connectivity index (χ3n) is 5.98. The lowest BCUT2D eigenvalue weighted by atomic mass is 9.77. The van der Waals surface area contributed by atoms with Crippen LogP contribution >= 0.6 is 0 Å². The Balaban J connectivity index is 1.52. The summed E-state index contributed by atoms with van der Waals surface area (Å²) in [6, 6.07) is 0.629. The highest BCUT2D eigenvalue weighted by atomic mass is 16.3. The molecule has 3 rings (SSSR count). The summed E-state index contributed by atoms with van der Waals surface area (Å²) >= 11 is 0. The fraction of sp³-hybridized carbons (Fsp3) is 0.941. The lowest BCUT2D eigenvalue weighted by Crippen LogP contribution is -2.56. The summed E-state index contributed by atoms with van der Waals surface area (Å²) < 4.78 is 0. The van der Waals surface area contributed by atoms with Crippen LogP contribution in [0.15, 0.2) is 0 Å². The minimum atomic E-state index is -0.238. The molecule has 1 amide bonds. The predicted octanol–water partition coefficient (Wildman–Crippen LogP) is 1.92. The van der Waals surface area contributed by atoms with E-state index in [0.29, 0.717) is 17.9 Å². The Kier molecular flexibility index (Phi) is 4.85. The Morgan fingerprint density at radius 3 is 2.52 bits per heavy atom. The van der Waals surface area contributed by atoms with Crippen LogP contribution in [0.5, 0.6) is 0 Å². The summed E-state index contributed by atoms with van der Waals surface area (Å²) in [5.74, 6) is 1.49. The quantitative estimate of drug-likeness (QED) is 0.818. The minimum absolute atomic E-state index is 0.0486. The zero-order valence-electron chi connectivity index (χ0n) is 13.3. The molecule has 4 heteroatoms. The fourth-order valence-electron chi connectivity index (χ4n) is 4.51. The van der Waals surface area contributed by atoms with Gasteiger partial charge in [0.25, 0.3) is 0 Å². The molecule has 2 heterocycles. The van der Waals surface area contributed by atoms with E-state index < -0.39 is 0 Å². The zero-order valence-corrected chi connectivity index (χ0v) is 13.3. The number of fused-ring (bicyclic) bond motifs is 1. The predicted molar refractivity (Wildman–Crippen MR) is 82.9 cm³/mol. The van der Waals surface area contributed by atoms with Crippen LogP contribution in [0, 0.1) is 11.8 Å². The number of likely N-dealkylation sites (tertiary alicyclic amines) is 1. The molecule has 0 spiro atoms. The van der Waals surface area contributed by atoms with Gasteiger partial charge in [-0.25, -0.2) is 0 Å². The van der Waals surface area contributed by atoms with E-state index in [9.17, 15) is 9.90 Å². The first-order valence-corrected chi connectivity index (χ1v) is 8.88. The van der Waals surface area contributed by atoms with E-state index in [4.69, 9.17) is 0 Å². The number of hydrogen-bond acceptors (Lipinski definition) is 3. The summed E-state index contributed by atoms with van der Waals surface area (Å²) in [5.41, 5.74) is 0. The highest BCUT2D eigenvalue weighted by Crippen LogP contribution is 2.33. The number of nitrogens with one attached hydrogen (secondary N) is 1. The number of carbonyl (C=O) groups is 1. The minimum Gasteiger partial charge on any atom is -0.393 e. The molecule has 2 N–H and O–H groups in total. The van der Waals surface area contributed by atoms with Crippen molar-refractivity contribution in [1.29, 1.82) is 0 Å². The number of piperidine rings is 2. The summed E-state index contributed by atoms with van der Waals surface area (Å²) in [7, 11) is 0. The molecule has 4 atom stereocenters. The Hall–Kier alpha value is -0.610. The number of aliphatic hydroxyl groups is 1. The van der Waals surface area contributed by atoms with Crippen LogP contribution in [0.1, 0.15) is 58.3 Å². The molecule has 3 fully saturated rings. The average molecular weight is 294 g/mol. The van der Waals surface area contributed by atoms with Crippen LogP contribution in [-0.2, 0) is 4.79 Å². The smallest absolute Gasteiger partial charge is 0.239 e. The monoisotopic (exact) mass is 294 g/mol. The zero-order chi connectivity index (χ0) is 14.8. The summed E-state index contributed by atoms with van der Waals surface area (Å²) in [6.45, 7) is 3.51. The number of rotatable bonds is 2. The molecule has 1 aliphatic carbocycles. The van der Waals surface area contributed by atoms with E-state index in [0.717, 1.165) is 38.3 Å². The highest BCUT2D eigenvalue weighted by molar-refractivity contribution is 5.82. The second kappa shape index (κ2) is 6.66. The van der Waals surface area contributed by atoms with Crippen molar-refractivity contribution in [1.82, 2.24) is 10.2 Å². The van der Waals surface area contributed by atoms with Crippen molar-refractivity contribution in [2.24, 2.45) is 11.8 Å². The van der Waals surface area contributed by atoms with Gasteiger partial charge in [-0.2, -0.15) is 0 Å². The molecule has 0 aromatic carbocycles. The first-order chi connectivity index (χ1) is 10.1. The van der Waals surface area contributed by atoms with Crippen LogP contribution in [0.3, 0.4) is 0 Å². The lowest BCUT2D eigenvalue weighted by Gasteiger charge is -2.42. The molecule has 120 valence electrons. The molecule has 2 saturated heterocycles. The van der Waals surface area contributed by atoms with Gasteiger partial charge >= 0.3 is 0 Å². The summed E-state index contributed by atoms with van der Waals surface area (Å²) in [4.78, 5) is 14.7. The molecule has 0 radical (unpaired) electrons. The average Bonchev–Trinajstić information content (AvgIpc) is 2.54. The van der Waals surface area contributed by atoms with E-state index in [1.54, 1.807) is 0 Å². The van der Waals surface area contributed by atoms with Crippen LogP contribution in [0.4, 0.5) is 0 Å². The number of aliphatic hydroxyl groups excluding tert-OH is 1. The van der Waals surface area contributed by atoms with Crippen molar-refractivity contribution < 1.29 is 9.90 Å². The van der Waals surface area contributed by atoms with E-state index in [1.165, 1.54) is 32.1 Å². The Morgan fingerprint density at radius 1 is 1.10 bits per heavy atom. The van der Waals surface area contributed by atoms with Gasteiger partial charge in [-0.15, -0.1) is 0 Å². The van der Waals surface area contributed by atoms with Gasteiger partial charge in [0, 0.05) is 19.1 Å². The molecule has 3 aliphatic rings. The van der Waals surface area contributed by atoms with Crippen molar-refractivity contribution in [3.8, 4) is 0 Å². The van der Waals surface area contributed by atoms with Crippen molar-refractivity contribution in [2.45, 2.75) is 76.5 Å². The molecule has 21 heavy (non-hydrogen) atoms. The van der Waals surface area contributed by atoms with Gasteiger partial charge in [-0.05, 0) is 57.3 Å². The summed E-state index contributed by atoms with van der Waals surface area (Å²) in [6.07, 6.45) is 9.16. The van der Waals surface area contributed by atoms with Gasteiger partial charge < -0.3 is 15.3 Å². The van der Waals surface area contributed by atoms with Gasteiger partial charge in [0.15, 0.2) is 0 Å². The maximum absolute atomic E-state index is 12.7. The van der Waals surface area contributed by atoms with Crippen molar-refractivity contribution in [3.63, 3.8) is 0 Å². The second-order valence-corrected chi connectivity index (χ2v) is 7.35. The van der Waals surface area contributed by atoms with Gasteiger partial charge in [-0.3, -0.25) is 4.79 Å². The maximum atomic E-state index is 12.7. The normalized spacial score (nSPS) is 36.1. The molecular weight excluding hydrogens is 264 g/mol. The van der Waals surface area contributed by atoms with E-state index in [-0.39, 0.29) is 12.1 Å². The molecule has 1 saturated carbocycles. The molecule has 0 aromatic rings.